The van der Waals surface area contributed by atoms with E-state index in [-0.39, 0.29) is 0 Å². The van der Waals surface area contributed by atoms with E-state index >= 15 is 0 Å². The van der Waals surface area contributed by atoms with Gasteiger partial charge in [-0.25, -0.2) is 69.8 Å². The number of hydrogen-bond donors (Lipinski definition) is 0. The Morgan fingerprint density at radius 1 is 0.234 bits per heavy atom. The van der Waals surface area contributed by atoms with Gasteiger partial charge in [0.15, 0.2) is 0 Å². The molecule has 77 heavy (non-hydrogen) atoms. The van der Waals surface area contributed by atoms with E-state index in [1.807, 2.05) is 161 Å². The normalized spacial score (nSPS) is 9.10. The Bertz CT molecular complexity index is 2630. The first-order valence-electron chi connectivity index (χ1n) is 24.1. The molecule has 0 bridgehead atoms. The molecule has 0 aliphatic heterocycles. The first-order valence-corrected chi connectivity index (χ1v) is 24.1. The van der Waals surface area contributed by atoms with Crippen molar-refractivity contribution in [2.45, 2.75) is 118 Å². The number of hydrogen-bond acceptors (Lipinski definition) is 20. The average molecular weight is 1040 g/mol. The second-order valence-corrected chi connectivity index (χ2v) is 16.7. The standard InChI is InChI=1S/7C6H8N2.3C5H6N2/c2*1-5-3-7-4-8-6(5)2;1-5-3-8-6(2)4-7-5;1-5-3-7-4-6(2)8-5;1-5-3-6(2)8-4-7-5;1-5-3-7-6(2)8-4-5;1-5-3-4-7-6(2)8-5;1-5-2-6-4-7-3-5;1-5-4-6-2-3-7-5;1-5-2-3-6-4-7-5/h7*3-4H,1-2H3;3*2-4H,1H3. The van der Waals surface area contributed by atoms with E-state index in [1.54, 1.807) is 87.1 Å². The van der Waals surface area contributed by atoms with E-state index < -0.39 is 0 Å². The molecule has 10 heterocycles. The Labute approximate surface area is 455 Å². The Hall–Kier alpha value is -9.20. The van der Waals surface area contributed by atoms with Gasteiger partial charge in [0, 0.05) is 127 Å². The molecule has 0 saturated carbocycles. The van der Waals surface area contributed by atoms with Crippen molar-refractivity contribution in [3.63, 3.8) is 0 Å². The van der Waals surface area contributed by atoms with Gasteiger partial charge < -0.3 is 0 Å². The minimum absolute atomic E-state index is 0.829. The third-order valence-electron chi connectivity index (χ3n) is 8.98. The molecule has 0 aliphatic rings. The van der Waals surface area contributed by atoms with Crippen LogP contribution in [-0.4, -0.2) is 99.7 Å². The SMILES string of the molecule is Cc1cc(C)ncn1.Cc1ccnc(C)n1.Cc1ccncn1.Cc1cnc(C)cn1.Cc1cnc(C)nc1.Cc1cncc(C)n1.Cc1cnccn1.Cc1cncnc1.Cc1cncnc1C.Cc1cncnc1C. The Kier molecular flexibility index (Phi) is 34.4. The lowest BCUT2D eigenvalue weighted by molar-refractivity contribution is 1.01. The number of nitrogens with zero attached hydrogens (tertiary/aromatic N) is 20. The molecule has 0 radical (unpaired) electrons. The van der Waals surface area contributed by atoms with E-state index in [0.29, 0.717) is 0 Å². The van der Waals surface area contributed by atoms with Gasteiger partial charge in [-0.1, -0.05) is 0 Å². The molecule has 20 nitrogen and oxygen atoms in total. The van der Waals surface area contributed by atoms with Crippen LogP contribution in [0.5, 0.6) is 0 Å². The fourth-order valence-electron chi connectivity index (χ4n) is 4.69. The van der Waals surface area contributed by atoms with Gasteiger partial charge in [-0.05, 0) is 158 Å². The predicted molar refractivity (Wildman–Crippen MR) is 301 cm³/mol. The zero-order chi connectivity index (χ0) is 57.2. The summed E-state index contributed by atoms with van der Waals surface area (Å²) in [6, 6.07) is 5.69. The molecule has 0 N–H and O–H groups in total. The summed E-state index contributed by atoms with van der Waals surface area (Å²) in [5.74, 6) is 1.67. The van der Waals surface area contributed by atoms with E-state index in [9.17, 15) is 0 Å². The lowest BCUT2D eigenvalue weighted by Crippen LogP contribution is -1.86. The zero-order valence-electron chi connectivity index (χ0n) is 47.7. The molecular formula is C57H74N20. The second kappa shape index (κ2) is 40.2. The molecule has 0 spiro atoms. The fourth-order valence-corrected chi connectivity index (χ4v) is 4.69. The molecular weight excluding hydrogens is 965 g/mol. The highest BCUT2D eigenvalue weighted by Gasteiger charge is 1.89. The Balaban J connectivity index is 0.000000428. The van der Waals surface area contributed by atoms with Gasteiger partial charge in [-0.2, -0.15) is 0 Å². The van der Waals surface area contributed by atoms with Gasteiger partial charge in [0.1, 0.15) is 43.3 Å². The lowest BCUT2D eigenvalue weighted by atomic mass is 10.3. The molecule has 10 rings (SSSR count). The van der Waals surface area contributed by atoms with Gasteiger partial charge in [-0.15, -0.1) is 0 Å². The van der Waals surface area contributed by atoms with Crippen LogP contribution in [0.2, 0.25) is 0 Å². The highest BCUT2D eigenvalue weighted by atomic mass is 14.9. The van der Waals surface area contributed by atoms with Crippen LogP contribution in [0.4, 0.5) is 0 Å². The van der Waals surface area contributed by atoms with Crippen LogP contribution in [0.15, 0.2) is 143 Å². The summed E-state index contributed by atoms with van der Waals surface area (Å²) in [5, 5.41) is 0. The van der Waals surface area contributed by atoms with Gasteiger partial charge in [-0.3, -0.25) is 29.9 Å². The van der Waals surface area contributed by atoms with Crippen molar-refractivity contribution < 1.29 is 0 Å². The summed E-state index contributed by atoms with van der Waals surface area (Å²) in [6.45, 7) is 33.0. The van der Waals surface area contributed by atoms with E-state index in [0.717, 1.165) is 96.5 Å². The van der Waals surface area contributed by atoms with Crippen LogP contribution in [0.3, 0.4) is 0 Å². The monoisotopic (exact) mass is 1040 g/mol. The third-order valence-corrected chi connectivity index (χ3v) is 8.98. The predicted octanol–water partition coefficient (Wildman–Crippen LogP) is 10.0. The van der Waals surface area contributed by atoms with Crippen molar-refractivity contribution in [3.8, 4) is 0 Å². The fraction of sp³-hybridized carbons (Fsp3) is 0.298. The molecule has 402 valence electrons. The van der Waals surface area contributed by atoms with Crippen LogP contribution in [0.25, 0.3) is 0 Å². The summed E-state index contributed by atoms with van der Waals surface area (Å²) < 4.78 is 0. The first-order chi connectivity index (χ1) is 36.7. The van der Waals surface area contributed by atoms with Crippen LogP contribution in [0.1, 0.15) is 96.5 Å². The average Bonchev–Trinajstić information content (AvgIpc) is 3.40. The van der Waals surface area contributed by atoms with Crippen molar-refractivity contribution in [2.24, 2.45) is 0 Å². The molecule has 0 atom stereocenters. The molecule has 0 aliphatic carbocycles. The van der Waals surface area contributed by atoms with Crippen molar-refractivity contribution in [1.29, 1.82) is 0 Å². The molecule has 20 heteroatoms. The van der Waals surface area contributed by atoms with Gasteiger partial charge in [0.05, 0.1) is 28.5 Å². The summed E-state index contributed by atoms with van der Waals surface area (Å²) >= 11 is 0. The van der Waals surface area contributed by atoms with Crippen molar-refractivity contribution >= 4 is 0 Å². The van der Waals surface area contributed by atoms with Crippen molar-refractivity contribution in [1.82, 2.24) is 99.7 Å². The number of rotatable bonds is 0. The summed E-state index contributed by atoms with van der Waals surface area (Å²) in [6.07, 6.45) is 34.1. The number of aryl methyl sites for hydroxylation is 17. The van der Waals surface area contributed by atoms with E-state index in [2.05, 4.69) is 99.7 Å². The highest BCUT2D eigenvalue weighted by Crippen LogP contribution is 1.98. The third kappa shape index (κ3) is 37.2. The molecule has 10 aromatic rings. The molecule has 0 amide bonds. The summed E-state index contributed by atoms with van der Waals surface area (Å²) in [4.78, 5) is 78.3. The van der Waals surface area contributed by atoms with Gasteiger partial charge >= 0.3 is 0 Å². The minimum atomic E-state index is 0.829. The van der Waals surface area contributed by atoms with Crippen molar-refractivity contribution in [2.75, 3.05) is 0 Å². The topological polar surface area (TPSA) is 258 Å². The molecule has 0 aromatic carbocycles. The second-order valence-electron chi connectivity index (χ2n) is 16.7. The zero-order valence-corrected chi connectivity index (χ0v) is 47.7. The van der Waals surface area contributed by atoms with Crippen LogP contribution in [0, 0.1) is 118 Å². The molecule has 0 fully saturated rings. The molecule has 0 saturated heterocycles. The molecule has 10 aromatic heterocycles. The van der Waals surface area contributed by atoms with Gasteiger partial charge in [0.2, 0.25) is 0 Å². The lowest BCUT2D eigenvalue weighted by Gasteiger charge is -1.91. The quantitative estimate of drug-likeness (QED) is 0.137. The first kappa shape index (κ1) is 65.8. The van der Waals surface area contributed by atoms with Crippen LogP contribution < -0.4 is 0 Å². The molecule has 0 unspecified atom stereocenters. The maximum atomic E-state index is 4.11. The maximum absolute atomic E-state index is 4.11. The summed E-state index contributed by atoms with van der Waals surface area (Å²) in [7, 11) is 0. The summed E-state index contributed by atoms with van der Waals surface area (Å²) in [5.41, 5.74) is 15.5. The smallest absolute Gasteiger partial charge is 0.125 e. The largest absolute Gasteiger partial charge is 0.261 e. The highest BCUT2D eigenvalue weighted by molar-refractivity contribution is 5.11. The van der Waals surface area contributed by atoms with Gasteiger partial charge in [0.25, 0.3) is 0 Å². The maximum Gasteiger partial charge on any atom is 0.125 e. The van der Waals surface area contributed by atoms with E-state index in [1.165, 1.54) is 12.7 Å². The van der Waals surface area contributed by atoms with E-state index in [4.69, 9.17) is 0 Å². The minimum Gasteiger partial charge on any atom is -0.261 e. The van der Waals surface area contributed by atoms with Crippen LogP contribution >= 0.6 is 0 Å². The van der Waals surface area contributed by atoms with Crippen molar-refractivity contribution in [3.05, 3.63) is 239 Å². The van der Waals surface area contributed by atoms with Crippen LogP contribution in [-0.2, 0) is 0 Å². The Morgan fingerprint density at radius 2 is 0.701 bits per heavy atom. The Morgan fingerprint density at radius 3 is 0.974 bits per heavy atom. The number of aromatic nitrogens is 20.